The summed E-state index contributed by atoms with van der Waals surface area (Å²) in [6.45, 7) is 9.65. The van der Waals surface area contributed by atoms with Crippen LogP contribution in [0.5, 0.6) is 0 Å². The third kappa shape index (κ3) is 1.68. The number of rotatable bonds is 2. The molecule has 18 heavy (non-hydrogen) atoms. The zero-order valence-corrected chi connectivity index (χ0v) is 11.9. The van der Waals surface area contributed by atoms with E-state index in [1.807, 2.05) is 0 Å². The molecule has 0 aromatic carbocycles. The predicted octanol–water partition coefficient (Wildman–Crippen LogP) is 3.10. The Balaban J connectivity index is 1.54. The Morgan fingerprint density at radius 1 is 0.944 bits per heavy atom. The van der Waals surface area contributed by atoms with Crippen molar-refractivity contribution >= 4 is 0 Å². The quantitative estimate of drug-likeness (QED) is 0.740. The molecule has 101 valence electrons. The van der Waals surface area contributed by atoms with Crippen LogP contribution in [0.1, 0.15) is 52.4 Å². The second-order valence-corrected chi connectivity index (χ2v) is 7.78. The maximum absolute atomic E-state index is 2.76. The fourth-order valence-corrected chi connectivity index (χ4v) is 5.69. The maximum Gasteiger partial charge on any atom is 0.0929 e. The van der Waals surface area contributed by atoms with Gasteiger partial charge in [0.25, 0.3) is 0 Å². The molecule has 1 radical (unpaired) electrons. The van der Waals surface area contributed by atoms with E-state index in [-0.39, 0.29) is 0 Å². The van der Waals surface area contributed by atoms with Crippen molar-refractivity contribution in [1.29, 1.82) is 0 Å². The molecule has 2 heteroatoms. The Kier molecular flexibility index (Phi) is 2.58. The summed E-state index contributed by atoms with van der Waals surface area (Å²) < 4.78 is 0. The summed E-state index contributed by atoms with van der Waals surface area (Å²) in [5.74, 6) is 3.20. The molecule has 0 N–H and O–H groups in total. The van der Waals surface area contributed by atoms with Crippen LogP contribution in [0.4, 0.5) is 0 Å². The summed E-state index contributed by atoms with van der Waals surface area (Å²) >= 11 is 0. The van der Waals surface area contributed by atoms with Crippen LogP contribution in [-0.2, 0) is 0 Å². The van der Waals surface area contributed by atoms with E-state index in [4.69, 9.17) is 0 Å². The summed E-state index contributed by atoms with van der Waals surface area (Å²) in [5.41, 5.74) is 0.582. The molecule has 0 aromatic heterocycles. The first kappa shape index (κ1) is 11.7. The minimum atomic E-state index is 0.582. The number of nitrogens with zero attached hydrogens (tertiary/aromatic N) is 2. The van der Waals surface area contributed by atoms with Gasteiger partial charge in [-0.2, -0.15) is 0 Å². The lowest BCUT2D eigenvalue weighted by atomic mass is 9.52. The second-order valence-electron chi connectivity index (χ2n) is 7.78. The SMILES string of the molecule is CC(C)N1[CH]N(C23CC4CC(CC(C4)C2)C3)CC1. The molecule has 1 aliphatic heterocycles. The zero-order chi connectivity index (χ0) is 12.3. The highest BCUT2D eigenvalue weighted by Crippen LogP contribution is 2.58. The Morgan fingerprint density at radius 2 is 1.50 bits per heavy atom. The van der Waals surface area contributed by atoms with Crippen molar-refractivity contribution in [3.8, 4) is 0 Å². The van der Waals surface area contributed by atoms with E-state index < -0.39 is 0 Å². The molecule has 0 unspecified atom stereocenters. The molecule has 5 fully saturated rings. The molecule has 5 rings (SSSR count). The Morgan fingerprint density at radius 3 is 1.94 bits per heavy atom. The van der Waals surface area contributed by atoms with Gasteiger partial charge >= 0.3 is 0 Å². The van der Waals surface area contributed by atoms with Gasteiger partial charge in [0.2, 0.25) is 0 Å². The van der Waals surface area contributed by atoms with E-state index in [0.29, 0.717) is 11.6 Å². The van der Waals surface area contributed by atoms with Crippen LogP contribution in [0.3, 0.4) is 0 Å². The van der Waals surface area contributed by atoms with E-state index in [2.05, 4.69) is 30.3 Å². The van der Waals surface area contributed by atoms with Crippen LogP contribution in [0, 0.1) is 24.4 Å². The first-order valence-corrected chi connectivity index (χ1v) is 8.02. The monoisotopic (exact) mass is 247 g/mol. The van der Waals surface area contributed by atoms with Gasteiger partial charge in [0.05, 0.1) is 6.67 Å². The highest BCUT2D eigenvalue weighted by Gasteiger charge is 2.54. The summed E-state index contributed by atoms with van der Waals surface area (Å²) in [6, 6.07) is 0.670. The third-order valence-electron chi connectivity index (χ3n) is 6.17. The first-order valence-electron chi connectivity index (χ1n) is 8.02. The Hall–Kier alpha value is -0.0800. The van der Waals surface area contributed by atoms with Gasteiger partial charge in [-0.05, 0) is 70.1 Å². The molecule has 4 saturated carbocycles. The van der Waals surface area contributed by atoms with Crippen LogP contribution < -0.4 is 0 Å². The van der Waals surface area contributed by atoms with E-state index in [1.54, 1.807) is 19.3 Å². The summed E-state index contributed by atoms with van der Waals surface area (Å²) in [7, 11) is 0. The van der Waals surface area contributed by atoms with E-state index in [1.165, 1.54) is 32.4 Å². The standard InChI is InChI=1S/C16H27N2/c1-12(2)17-3-4-18(11-17)16-8-13-5-14(9-16)7-15(6-13)10-16/h11-15H,3-10H2,1-2H3. The van der Waals surface area contributed by atoms with Crippen LogP contribution in [-0.4, -0.2) is 34.5 Å². The fraction of sp³-hybridized carbons (Fsp3) is 0.938. The van der Waals surface area contributed by atoms with Crippen LogP contribution in [0.25, 0.3) is 0 Å². The molecular weight excluding hydrogens is 220 g/mol. The van der Waals surface area contributed by atoms with Crippen molar-refractivity contribution in [3.63, 3.8) is 0 Å². The highest BCUT2D eigenvalue weighted by atomic mass is 15.4. The van der Waals surface area contributed by atoms with Gasteiger partial charge in [0.15, 0.2) is 0 Å². The van der Waals surface area contributed by atoms with Crippen molar-refractivity contribution in [3.05, 3.63) is 6.67 Å². The molecule has 4 bridgehead atoms. The first-order chi connectivity index (χ1) is 8.64. The lowest BCUT2D eigenvalue weighted by Gasteiger charge is -2.59. The molecule has 2 nitrogen and oxygen atoms in total. The molecular formula is C16H27N2. The summed E-state index contributed by atoms with van der Waals surface area (Å²) in [5, 5.41) is 0. The number of hydrogen-bond donors (Lipinski definition) is 0. The van der Waals surface area contributed by atoms with Crippen molar-refractivity contribution < 1.29 is 0 Å². The minimum absolute atomic E-state index is 0.582. The topological polar surface area (TPSA) is 6.48 Å². The Labute approximate surface area is 112 Å². The number of hydrogen-bond acceptors (Lipinski definition) is 2. The van der Waals surface area contributed by atoms with Gasteiger partial charge in [-0.25, -0.2) is 0 Å². The molecule has 1 saturated heterocycles. The van der Waals surface area contributed by atoms with E-state index in [0.717, 1.165) is 17.8 Å². The van der Waals surface area contributed by atoms with Crippen molar-refractivity contribution in [2.24, 2.45) is 17.8 Å². The smallest absolute Gasteiger partial charge is 0.0929 e. The second kappa shape index (κ2) is 3.96. The highest BCUT2D eigenvalue weighted by molar-refractivity contribution is 5.09. The Bertz CT molecular complexity index is 301. The van der Waals surface area contributed by atoms with Gasteiger partial charge in [0, 0.05) is 24.7 Å². The predicted molar refractivity (Wildman–Crippen MR) is 73.8 cm³/mol. The molecule has 0 spiro atoms. The average molecular weight is 247 g/mol. The largest absolute Gasteiger partial charge is 0.282 e. The lowest BCUT2D eigenvalue weighted by Crippen LogP contribution is -2.58. The summed E-state index contributed by atoms with van der Waals surface area (Å²) in [4.78, 5) is 5.30. The van der Waals surface area contributed by atoms with Gasteiger partial charge < -0.3 is 0 Å². The zero-order valence-electron chi connectivity index (χ0n) is 11.9. The lowest BCUT2D eigenvalue weighted by molar-refractivity contribution is -0.0740. The molecule has 4 aliphatic carbocycles. The maximum atomic E-state index is 2.76. The van der Waals surface area contributed by atoms with Crippen molar-refractivity contribution in [2.45, 2.75) is 64.0 Å². The molecule has 5 aliphatic rings. The molecule has 1 heterocycles. The molecule has 0 atom stereocenters. The third-order valence-corrected chi connectivity index (χ3v) is 6.17. The van der Waals surface area contributed by atoms with Crippen molar-refractivity contribution in [1.82, 2.24) is 9.80 Å². The molecule has 0 aromatic rings. The van der Waals surface area contributed by atoms with E-state index in [9.17, 15) is 0 Å². The fourth-order valence-electron chi connectivity index (χ4n) is 5.69. The normalized spacial score (nSPS) is 48.5. The molecule has 0 amide bonds. The van der Waals surface area contributed by atoms with Crippen LogP contribution in [0.2, 0.25) is 0 Å². The van der Waals surface area contributed by atoms with Crippen LogP contribution in [0.15, 0.2) is 0 Å². The van der Waals surface area contributed by atoms with E-state index >= 15 is 0 Å². The van der Waals surface area contributed by atoms with Crippen molar-refractivity contribution in [2.75, 3.05) is 13.1 Å². The minimum Gasteiger partial charge on any atom is -0.282 e. The summed E-state index contributed by atoms with van der Waals surface area (Å²) in [6.07, 6.45) is 9.17. The van der Waals surface area contributed by atoms with Gasteiger partial charge in [-0.3, -0.25) is 9.80 Å². The van der Waals surface area contributed by atoms with Gasteiger partial charge in [-0.15, -0.1) is 0 Å². The van der Waals surface area contributed by atoms with Gasteiger partial charge in [0.1, 0.15) is 0 Å². The van der Waals surface area contributed by atoms with Gasteiger partial charge in [-0.1, -0.05) is 0 Å². The average Bonchev–Trinajstić information content (AvgIpc) is 2.76. The van der Waals surface area contributed by atoms with Crippen LogP contribution >= 0.6 is 0 Å².